The van der Waals surface area contributed by atoms with Crippen molar-refractivity contribution in [1.29, 1.82) is 0 Å². The van der Waals surface area contributed by atoms with Crippen molar-refractivity contribution >= 4 is 38.5 Å². The van der Waals surface area contributed by atoms with Crippen molar-refractivity contribution in [1.82, 2.24) is 0 Å². The van der Waals surface area contributed by atoms with Gasteiger partial charge in [0.1, 0.15) is 40.4 Å². The summed E-state index contributed by atoms with van der Waals surface area (Å²) in [6.45, 7) is 3.46. The van der Waals surface area contributed by atoms with Gasteiger partial charge in [-0.2, -0.15) is 0 Å². The van der Waals surface area contributed by atoms with Gasteiger partial charge in [0, 0.05) is 40.5 Å². The maximum atomic E-state index is 14.0. The monoisotopic (exact) mass is 589 g/mol. The van der Waals surface area contributed by atoms with E-state index in [-0.39, 0.29) is 29.3 Å². The maximum Gasteiger partial charge on any atom is 0.196 e. The number of nitrogens with zero attached hydrogens (tertiary/aromatic N) is 1. The summed E-state index contributed by atoms with van der Waals surface area (Å²) in [7, 11) is 3.26. The first kappa shape index (κ1) is 28.1. The summed E-state index contributed by atoms with van der Waals surface area (Å²) in [5.74, 6) is 2.42. The van der Waals surface area contributed by atoms with Gasteiger partial charge in [0.05, 0.1) is 17.7 Å². The van der Waals surface area contributed by atoms with Crippen LogP contribution in [0.4, 0.5) is 0 Å². The van der Waals surface area contributed by atoms with Crippen LogP contribution >= 0.6 is 21.6 Å². The molecule has 2 aromatic rings. The van der Waals surface area contributed by atoms with E-state index < -0.39 is 23.2 Å². The zero-order valence-corrected chi connectivity index (χ0v) is 24.7. The largest absolute Gasteiger partial charge is 0.489 e. The fraction of sp³-hybridized carbons (Fsp3) is 0.655. The van der Waals surface area contributed by atoms with E-state index in [1.807, 2.05) is 0 Å². The molecule has 3 heterocycles. The van der Waals surface area contributed by atoms with Gasteiger partial charge in [-0.15, -0.1) is 0 Å². The van der Waals surface area contributed by atoms with Gasteiger partial charge in [0.15, 0.2) is 11.4 Å². The summed E-state index contributed by atoms with van der Waals surface area (Å²) in [5, 5.41) is 23.2. The molecular formula is C29H39N3O6S2. The van der Waals surface area contributed by atoms with Crippen molar-refractivity contribution in [2.45, 2.75) is 107 Å². The quantitative estimate of drug-likeness (QED) is 0.230. The molecule has 2 saturated carbocycles. The second-order valence-electron chi connectivity index (χ2n) is 12.3. The third kappa shape index (κ3) is 4.86. The van der Waals surface area contributed by atoms with Crippen LogP contribution in [-0.2, 0) is 12.2 Å². The standard InChI is InChI=1S/C29H39N3O6S2/c1-28(2,35)21-11-16-23(38-21)17-13-39-40-14-20(32-27(30)31)29(9-5-6-10-29)26(34)19-12-18(33)22(25(17)37-19)24(16)36-15-7-3-4-8-15/h12,15,20-21,26,34-35H,3-11,13-14H2,1-2H3,(H4,30,31,32). The number of aliphatic hydroxyl groups excluding tert-OH is 1. The first-order valence-corrected chi connectivity index (χ1v) is 16.8. The van der Waals surface area contributed by atoms with Gasteiger partial charge in [0.2, 0.25) is 0 Å². The molecule has 2 aliphatic heterocycles. The highest BCUT2D eigenvalue weighted by molar-refractivity contribution is 8.76. The highest BCUT2D eigenvalue weighted by atomic mass is 33.1. The summed E-state index contributed by atoms with van der Waals surface area (Å²) >= 11 is 0. The molecule has 0 amide bonds. The lowest BCUT2D eigenvalue weighted by Crippen LogP contribution is -2.41. The second kappa shape index (κ2) is 10.6. The SMILES string of the molecule is CC(C)(O)C1Cc2c(c3c4oc(cc(=O)c4c2OC2CCCC2)C(O)C2(CCCC2)C(N=C(N)N)CSSC3)O1. The summed E-state index contributed by atoms with van der Waals surface area (Å²) < 4.78 is 19.6. The number of ether oxygens (including phenoxy) is 2. The lowest BCUT2D eigenvalue weighted by Gasteiger charge is -2.38. The molecule has 6 N–H and O–H groups in total. The minimum absolute atomic E-state index is 0.0121. The summed E-state index contributed by atoms with van der Waals surface area (Å²) in [4.78, 5) is 18.6. The van der Waals surface area contributed by atoms with Gasteiger partial charge in [0.25, 0.3) is 0 Å². The molecule has 0 saturated heterocycles. The van der Waals surface area contributed by atoms with Crippen LogP contribution in [0, 0.1) is 5.41 Å². The van der Waals surface area contributed by atoms with Crippen LogP contribution < -0.4 is 26.4 Å². The highest BCUT2D eigenvalue weighted by Gasteiger charge is 2.49. The van der Waals surface area contributed by atoms with E-state index in [0.29, 0.717) is 40.4 Å². The number of fused-ring (bicyclic) bond motifs is 3. The molecule has 3 unspecified atom stereocenters. The Morgan fingerprint density at radius 3 is 2.55 bits per heavy atom. The molecule has 1 aromatic heterocycles. The number of aliphatic imine (C=N–C) groups is 1. The molecule has 2 bridgehead atoms. The van der Waals surface area contributed by atoms with Gasteiger partial charge in [-0.05, 0) is 52.4 Å². The summed E-state index contributed by atoms with van der Waals surface area (Å²) in [6.07, 6.45) is 6.25. The number of aliphatic hydroxyl groups is 2. The molecular weight excluding hydrogens is 550 g/mol. The topological polar surface area (TPSA) is 154 Å². The Morgan fingerprint density at radius 2 is 1.88 bits per heavy atom. The lowest BCUT2D eigenvalue weighted by molar-refractivity contribution is -0.0232. The van der Waals surface area contributed by atoms with Crippen LogP contribution in [0.5, 0.6) is 11.5 Å². The van der Waals surface area contributed by atoms with Crippen molar-refractivity contribution < 1.29 is 24.1 Å². The Balaban J connectivity index is 1.57. The average Bonchev–Trinajstić information content (AvgIpc) is 3.66. The van der Waals surface area contributed by atoms with Crippen LogP contribution in [-0.4, -0.2) is 45.8 Å². The molecule has 6 rings (SSSR count). The van der Waals surface area contributed by atoms with Crippen molar-refractivity contribution in [3.05, 3.63) is 33.2 Å². The molecule has 1 aromatic carbocycles. The van der Waals surface area contributed by atoms with Crippen LogP contribution in [0.15, 0.2) is 20.3 Å². The van der Waals surface area contributed by atoms with E-state index in [1.54, 1.807) is 35.4 Å². The van der Waals surface area contributed by atoms with Crippen molar-refractivity contribution in [3.8, 4) is 11.5 Å². The molecule has 218 valence electrons. The summed E-state index contributed by atoms with van der Waals surface area (Å²) in [6, 6.07) is 1.09. The van der Waals surface area contributed by atoms with Gasteiger partial charge >= 0.3 is 0 Å². The minimum atomic E-state index is -1.10. The maximum absolute atomic E-state index is 14.0. The number of nitrogens with two attached hydrogens (primary N) is 2. The Labute approximate surface area is 241 Å². The number of hydrogen-bond acceptors (Lipinski definition) is 9. The predicted octanol–water partition coefficient (Wildman–Crippen LogP) is 4.32. The van der Waals surface area contributed by atoms with Gasteiger partial charge < -0.3 is 35.6 Å². The van der Waals surface area contributed by atoms with E-state index in [0.717, 1.165) is 62.5 Å². The predicted molar refractivity (Wildman–Crippen MR) is 159 cm³/mol. The minimum Gasteiger partial charge on any atom is -0.489 e. The van der Waals surface area contributed by atoms with Crippen LogP contribution in [0.25, 0.3) is 11.0 Å². The van der Waals surface area contributed by atoms with E-state index in [1.165, 1.54) is 6.07 Å². The average molecular weight is 590 g/mol. The van der Waals surface area contributed by atoms with Crippen molar-refractivity contribution in [2.24, 2.45) is 21.9 Å². The Hall–Kier alpha value is -2.08. The van der Waals surface area contributed by atoms with E-state index >= 15 is 0 Å². The third-order valence-corrected chi connectivity index (χ3v) is 11.4. The Bertz CT molecular complexity index is 1370. The lowest BCUT2D eigenvalue weighted by atomic mass is 9.73. The van der Waals surface area contributed by atoms with Crippen LogP contribution in [0.2, 0.25) is 0 Å². The number of hydrogen-bond donors (Lipinski definition) is 4. The number of guanidine groups is 1. The van der Waals surface area contributed by atoms with Crippen LogP contribution in [0.3, 0.4) is 0 Å². The molecule has 9 nitrogen and oxygen atoms in total. The van der Waals surface area contributed by atoms with Crippen LogP contribution in [0.1, 0.15) is 88.2 Å². The van der Waals surface area contributed by atoms with Gasteiger partial charge in [-0.1, -0.05) is 34.4 Å². The Morgan fingerprint density at radius 1 is 1.15 bits per heavy atom. The molecule has 3 atom stereocenters. The number of rotatable bonds is 4. The summed E-state index contributed by atoms with van der Waals surface area (Å²) in [5.41, 5.74) is 11.7. The van der Waals surface area contributed by atoms with E-state index in [9.17, 15) is 15.0 Å². The van der Waals surface area contributed by atoms with Crippen molar-refractivity contribution in [3.63, 3.8) is 0 Å². The molecule has 2 aliphatic carbocycles. The third-order valence-electron chi connectivity index (χ3n) is 9.14. The fourth-order valence-electron chi connectivity index (χ4n) is 6.97. The first-order valence-electron chi connectivity index (χ1n) is 14.3. The molecule has 40 heavy (non-hydrogen) atoms. The molecule has 11 heteroatoms. The van der Waals surface area contributed by atoms with Gasteiger partial charge in [-0.25, -0.2) is 4.99 Å². The van der Waals surface area contributed by atoms with Crippen molar-refractivity contribution in [2.75, 3.05) is 5.75 Å². The zero-order valence-electron chi connectivity index (χ0n) is 23.1. The molecule has 1 spiro atoms. The Kier molecular flexibility index (Phi) is 7.46. The second-order valence-corrected chi connectivity index (χ2v) is 14.8. The van der Waals surface area contributed by atoms with E-state index in [2.05, 4.69) is 4.99 Å². The molecule has 0 radical (unpaired) electrons. The molecule has 2 fully saturated rings. The molecule has 4 aliphatic rings. The van der Waals surface area contributed by atoms with E-state index in [4.69, 9.17) is 25.4 Å². The fourth-order valence-corrected chi connectivity index (χ4v) is 9.34. The highest BCUT2D eigenvalue weighted by Crippen LogP contribution is 2.55. The zero-order chi connectivity index (χ0) is 28.2. The smallest absolute Gasteiger partial charge is 0.196 e. The first-order chi connectivity index (χ1) is 19.1. The van der Waals surface area contributed by atoms with Gasteiger partial charge in [-0.3, -0.25) is 4.79 Å². The number of benzene rings is 1. The normalized spacial score (nSPS) is 26.6.